The molecule has 1 aromatic rings. The van der Waals surface area contributed by atoms with Crippen LogP contribution in [0.25, 0.3) is 0 Å². The molecule has 0 saturated carbocycles. The molecule has 0 aliphatic carbocycles. The minimum Gasteiger partial charge on any atom is -0.496 e. The highest BCUT2D eigenvalue weighted by atomic mass is 35.5. The van der Waals surface area contributed by atoms with Crippen molar-refractivity contribution in [3.8, 4) is 5.75 Å². The minimum absolute atomic E-state index is 0. The number of methoxy groups -OCH3 is 1. The molecular formula is C13H14ClF6NO. The lowest BCUT2D eigenvalue weighted by Gasteiger charge is -2.22. The van der Waals surface area contributed by atoms with Gasteiger partial charge in [0.2, 0.25) is 0 Å². The van der Waals surface area contributed by atoms with Gasteiger partial charge in [-0.3, -0.25) is 0 Å². The van der Waals surface area contributed by atoms with Crippen LogP contribution in [0.4, 0.5) is 26.3 Å². The third-order valence-electron chi connectivity index (χ3n) is 2.79. The monoisotopic (exact) mass is 349 g/mol. The van der Waals surface area contributed by atoms with Crippen molar-refractivity contribution in [2.75, 3.05) is 7.11 Å². The lowest BCUT2D eigenvalue weighted by atomic mass is 9.94. The number of hydrogen-bond donors (Lipinski definition) is 1. The number of hydrogen-bond acceptors (Lipinski definition) is 2. The van der Waals surface area contributed by atoms with Gasteiger partial charge in [0, 0.05) is 11.6 Å². The number of rotatable bonds is 4. The predicted molar refractivity (Wildman–Crippen MR) is 72.0 cm³/mol. The second-order valence-electron chi connectivity index (χ2n) is 4.27. The Labute approximate surface area is 129 Å². The van der Waals surface area contributed by atoms with Crippen LogP contribution in [-0.4, -0.2) is 7.11 Å². The van der Waals surface area contributed by atoms with E-state index in [4.69, 9.17) is 5.73 Å². The van der Waals surface area contributed by atoms with Crippen LogP contribution in [0.2, 0.25) is 0 Å². The zero-order chi connectivity index (χ0) is 16.4. The Morgan fingerprint density at radius 2 is 1.73 bits per heavy atom. The normalized spacial score (nSPS) is 13.3. The van der Waals surface area contributed by atoms with E-state index in [0.29, 0.717) is 6.07 Å². The van der Waals surface area contributed by atoms with Crippen molar-refractivity contribution in [1.29, 1.82) is 0 Å². The molecule has 126 valence electrons. The van der Waals surface area contributed by atoms with Gasteiger partial charge in [0.05, 0.1) is 18.2 Å². The van der Waals surface area contributed by atoms with Crippen molar-refractivity contribution in [2.24, 2.45) is 5.73 Å². The summed E-state index contributed by atoms with van der Waals surface area (Å²) in [5.74, 6) is -0.550. The van der Waals surface area contributed by atoms with Crippen LogP contribution < -0.4 is 10.5 Å². The Bertz CT molecular complexity index is 526. The first-order chi connectivity index (χ1) is 9.52. The molecule has 0 radical (unpaired) electrons. The maximum absolute atomic E-state index is 13.0. The van der Waals surface area contributed by atoms with Gasteiger partial charge in [-0.1, -0.05) is 6.08 Å². The molecule has 2 N–H and O–H groups in total. The van der Waals surface area contributed by atoms with E-state index in [2.05, 4.69) is 11.3 Å². The summed E-state index contributed by atoms with van der Waals surface area (Å²) in [5, 5.41) is 0. The summed E-state index contributed by atoms with van der Waals surface area (Å²) in [6, 6.07) is -0.620. The maximum Gasteiger partial charge on any atom is 0.416 e. The van der Waals surface area contributed by atoms with E-state index in [0.717, 1.165) is 7.11 Å². The van der Waals surface area contributed by atoms with Gasteiger partial charge in [-0.25, -0.2) is 0 Å². The average molecular weight is 350 g/mol. The van der Waals surface area contributed by atoms with Crippen molar-refractivity contribution in [2.45, 2.75) is 24.8 Å². The summed E-state index contributed by atoms with van der Waals surface area (Å²) in [6.07, 6.45) is -8.66. The number of halogens is 7. The lowest BCUT2D eigenvalue weighted by molar-refractivity contribution is -0.143. The molecule has 0 spiro atoms. The molecule has 1 rings (SSSR count). The van der Waals surface area contributed by atoms with Crippen LogP contribution in [0, 0.1) is 0 Å². The number of benzene rings is 1. The fourth-order valence-electron chi connectivity index (χ4n) is 1.87. The van der Waals surface area contributed by atoms with E-state index in [-0.39, 0.29) is 24.9 Å². The molecule has 0 aliphatic rings. The number of ether oxygens (including phenoxy) is 1. The highest BCUT2D eigenvalue weighted by Crippen LogP contribution is 2.43. The van der Waals surface area contributed by atoms with Crippen LogP contribution in [0.3, 0.4) is 0 Å². The molecule has 0 heterocycles. The predicted octanol–water partition coefficient (Wildman–Crippen LogP) is 4.73. The standard InChI is InChI=1S/C13H13F6NO.ClH/c1-3-4-9(20)11-8(13(17,18)19)5-7(12(14,15)16)6-10(11)21-2;/h3,5-6,9H,1,4,20H2,2H3;1H/t9-;/m0./s1. The van der Waals surface area contributed by atoms with Crippen LogP contribution in [0.15, 0.2) is 24.8 Å². The molecule has 0 aromatic heterocycles. The smallest absolute Gasteiger partial charge is 0.416 e. The van der Waals surface area contributed by atoms with E-state index >= 15 is 0 Å². The first kappa shape index (κ1) is 20.6. The number of alkyl halides is 6. The van der Waals surface area contributed by atoms with Gasteiger partial charge in [-0.05, 0) is 18.6 Å². The molecule has 0 aliphatic heterocycles. The molecule has 0 fully saturated rings. The Morgan fingerprint density at radius 1 is 1.18 bits per heavy atom. The van der Waals surface area contributed by atoms with Crippen molar-refractivity contribution < 1.29 is 31.1 Å². The molecule has 0 bridgehead atoms. The fourth-order valence-corrected chi connectivity index (χ4v) is 1.87. The summed E-state index contributed by atoms with van der Waals surface area (Å²) in [4.78, 5) is 0. The molecule has 0 amide bonds. The topological polar surface area (TPSA) is 35.2 Å². The average Bonchev–Trinajstić information content (AvgIpc) is 2.35. The van der Waals surface area contributed by atoms with Crippen molar-refractivity contribution >= 4 is 12.4 Å². The third-order valence-corrected chi connectivity index (χ3v) is 2.79. The third kappa shape index (κ3) is 4.54. The van der Waals surface area contributed by atoms with Gasteiger partial charge in [-0.2, -0.15) is 26.3 Å². The highest BCUT2D eigenvalue weighted by molar-refractivity contribution is 5.85. The molecule has 0 saturated heterocycles. The SMILES string of the molecule is C=CC[C@H](N)c1c(OC)cc(C(F)(F)F)cc1C(F)(F)F.Cl. The summed E-state index contributed by atoms with van der Waals surface area (Å²) in [7, 11) is 0.986. The molecule has 22 heavy (non-hydrogen) atoms. The van der Waals surface area contributed by atoms with E-state index < -0.39 is 40.8 Å². The van der Waals surface area contributed by atoms with Crippen LogP contribution in [-0.2, 0) is 12.4 Å². The Balaban J connectivity index is 0.00000441. The van der Waals surface area contributed by atoms with Crippen LogP contribution in [0.5, 0.6) is 5.75 Å². The Hall–Kier alpha value is -1.41. The molecule has 9 heteroatoms. The van der Waals surface area contributed by atoms with Gasteiger partial charge < -0.3 is 10.5 Å². The summed E-state index contributed by atoms with van der Waals surface area (Å²) < 4.78 is 81.8. The molecule has 0 unspecified atom stereocenters. The van der Waals surface area contributed by atoms with E-state index in [9.17, 15) is 26.3 Å². The zero-order valence-electron chi connectivity index (χ0n) is 11.4. The van der Waals surface area contributed by atoms with E-state index in [1.165, 1.54) is 6.08 Å². The van der Waals surface area contributed by atoms with Crippen LogP contribution in [0.1, 0.15) is 29.2 Å². The van der Waals surface area contributed by atoms with Crippen molar-refractivity contribution in [1.82, 2.24) is 0 Å². The summed E-state index contributed by atoms with van der Waals surface area (Å²) >= 11 is 0. The second kappa shape index (κ2) is 7.23. The Kier molecular flexibility index (Phi) is 6.77. The Morgan fingerprint density at radius 3 is 2.09 bits per heavy atom. The van der Waals surface area contributed by atoms with Crippen LogP contribution >= 0.6 is 12.4 Å². The van der Waals surface area contributed by atoms with E-state index in [1.807, 2.05) is 0 Å². The van der Waals surface area contributed by atoms with Gasteiger partial charge in [0.1, 0.15) is 5.75 Å². The lowest BCUT2D eigenvalue weighted by Crippen LogP contribution is -2.20. The first-order valence-electron chi connectivity index (χ1n) is 5.75. The highest BCUT2D eigenvalue weighted by Gasteiger charge is 2.40. The molecule has 1 aromatic carbocycles. The molecule has 1 atom stereocenters. The van der Waals surface area contributed by atoms with Gasteiger partial charge in [-0.15, -0.1) is 19.0 Å². The number of nitrogens with two attached hydrogens (primary N) is 1. The first-order valence-corrected chi connectivity index (χ1v) is 5.75. The molecule has 2 nitrogen and oxygen atoms in total. The second-order valence-corrected chi connectivity index (χ2v) is 4.27. The molecular weight excluding hydrogens is 336 g/mol. The largest absolute Gasteiger partial charge is 0.496 e. The summed E-state index contributed by atoms with van der Waals surface area (Å²) in [6.45, 7) is 3.35. The quantitative estimate of drug-likeness (QED) is 0.630. The minimum atomic E-state index is -4.98. The summed E-state index contributed by atoms with van der Waals surface area (Å²) in [5.41, 5.74) is 2.19. The fraction of sp³-hybridized carbons (Fsp3) is 0.385. The van der Waals surface area contributed by atoms with Gasteiger partial charge in [0.25, 0.3) is 0 Å². The van der Waals surface area contributed by atoms with E-state index in [1.54, 1.807) is 0 Å². The van der Waals surface area contributed by atoms with Gasteiger partial charge >= 0.3 is 12.4 Å². The maximum atomic E-state index is 13.0. The van der Waals surface area contributed by atoms with Crippen molar-refractivity contribution in [3.05, 3.63) is 41.5 Å². The zero-order valence-corrected chi connectivity index (χ0v) is 12.2. The van der Waals surface area contributed by atoms with Crippen molar-refractivity contribution in [3.63, 3.8) is 0 Å². The van der Waals surface area contributed by atoms with Gasteiger partial charge in [0.15, 0.2) is 0 Å².